The average Bonchev–Trinajstić information content (AvgIpc) is 3.83. The Morgan fingerprint density at radius 3 is 2.47 bits per heavy atom. The molecule has 17 nitrogen and oxygen atoms in total. The van der Waals surface area contributed by atoms with E-state index in [2.05, 4.69) is 67.8 Å². The number of anilines is 5. The fourth-order valence-corrected chi connectivity index (χ4v) is 13.5. The number of carbonyl (C=O) groups excluding carboxylic acids is 1. The zero-order valence-corrected chi connectivity index (χ0v) is 42.2. The van der Waals surface area contributed by atoms with Crippen LogP contribution in [-0.4, -0.2) is 111 Å². The van der Waals surface area contributed by atoms with E-state index in [-0.39, 0.29) is 28.6 Å². The number of sulfonamides is 1. The number of amides is 1. The number of H-pyrrole nitrogens is 1. The Labute approximate surface area is 420 Å². The molecule has 5 fully saturated rings. The minimum atomic E-state index is -4.62. The number of pyridine rings is 1. The molecule has 2 aliphatic carbocycles. The second kappa shape index (κ2) is 19.1. The summed E-state index contributed by atoms with van der Waals surface area (Å²) in [6, 6.07) is 22.0. The van der Waals surface area contributed by atoms with Crippen molar-refractivity contribution in [2.24, 2.45) is 17.3 Å². The smallest absolute Gasteiger partial charge is 0.293 e. The molecule has 382 valence electrons. The number of piperidine rings is 1. The summed E-state index contributed by atoms with van der Waals surface area (Å²) < 4.78 is 49.2. The third kappa shape index (κ3) is 9.35. The number of hydrogen-bond acceptors (Lipinski definition) is 14. The van der Waals surface area contributed by atoms with Gasteiger partial charge in [-0.05, 0) is 142 Å². The summed E-state index contributed by atoms with van der Waals surface area (Å²) in [4.78, 5) is 41.1. The van der Waals surface area contributed by atoms with E-state index in [1.807, 2.05) is 37.4 Å². The molecule has 0 bridgehead atoms. The van der Waals surface area contributed by atoms with Crippen LogP contribution in [0.25, 0.3) is 11.0 Å². The summed E-state index contributed by atoms with van der Waals surface area (Å²) in [7, 11) is -4.62. The second-order valence-electron chi connectivity index (χ2n) is 21.8. The number of ether oxygens (including phenoxy) is 3. The van der Waals surface area contributed by atoms with Gasteiger partial charge in [0.15, 0.2) is 0 Å². The van der Waals surface area contributed by atoms with Crippen molar-refractivity contribution >= 4 is 61.1 Å². The summed E-state index contributed by atoms with van der Waals surface area (Å²) in [5, 5.41) is 26.8. The van der Waals surface area contributed by atoms with Crippen molar-refractivity contribution in [3.8, 4) is 5.88 Å². The zero-order valence-electron chi connectivity index (χ0n) is 41.3. The molecular formula is C54H66N8O9S. The van der Waals surface area contributed by atoms with Gasteiger partial charge in [-0.1, -0.05) is 32.0 Å². The number of aliphatic hydroxyl groups is 1. The summed E-state index contributed by atoms with van der Waals surface area (Å²) >= 11 is 0. The number of aromatic nitrogens is 2. The van der Waals surface area contributed by atoms with Crippen LogP contribution >= 0.6 is 0 Å². The quantitative estimate of drug-likeness (QED) is 0.0683. The topological polar surface area (TPSA) is 205 Å². The number of benzene rings is 3. The number of carbonyl (C=O) groups is 1. The van der Waals surface area contributed by atoms with Gasteiger partial charge in [0.1, 0.15) is 23.1 Å². The summed E-state index contributed by atoms with van der Waals surface area (Å²) in [6.07, 6.45) is 9.10. The van der Waals surface area contributed by atoms with E-state index in [9.17, 15) is 28.4 Å². The van der Waals surface area contributed by atoms with Crippen molar-refractivity contribution in [2.75, 3.05) is 72.6 Å². The molecule has 0 unspecified atom stereocenters. The van der Waals surface area contributed by atoms with Crippen LogP contribution in [0.15, 0.2) is 83.9 Å². The maximum absolute atomic E-state index is 14.7. The molecule has 3 atom stereocenters. The Balaban J connectivity index is 0.864. The Morgan fingerprint density at radius 1 is 0.917 bits per heavy atom. The van der Waals surface area contributed by atoms with Crippen molar-refractivity contribution in [1.29, 1.82) is 0 Å². The first kappa shape index (κ1) is 48.3. The number of nitrogens with zero attached hydrogens (tertiary/aromatic N) is 5. The van der Waals surface area contributed by atoms with Crippen LogP contribution in [0.3, 0.4) is 0 Å². The molecule has 11 rings (SSSR count). The molecule has 3 saturated heterocycles. The first-order valence-corrected chi connectivity index (χ1v) is 27.3. The molecule has 4 aliphatic heterocycles. The van der Waals surface area contributed by atoms with Gasteiger partial charge in [-0.3, -0.25) is 14.9 Å². The van der Waals surface area contributed by atoms with Crippen LogP contribution in [0.1, 0.15) is 100 Å². The average molecular weight is 1000 g/mol. The van der Waals surface area contributed by atoms with Gasteiger partial charge in [-0.2, -0.15) is 4.98 Å². The molecule has 5 aromatic rings. The van der Waals surface area contributed by atoms with Crippen LogP contribution in [0, 0.1) is 27.4 Å². The van der Waals surface area contributed by atoms with Gasteiger partial charge in [-0.15, -0.1) is 0 Å². The first-order chi connectivity index (χ1) is 34.6. The number of nitro groups is 1. The summed E-state index contributed by atoms with van der Waals surface area (Å²) in [6.45, 7) is 11.6. The van der Waals surface area contributed by atoms with Crippen molar-refractivity contribution in [3.05, 3.63) is 100 Å². The highest BCUT2D eigenvalue weighted by Crippen LogP contribution is 2.56. The molecule has 3 aromatic carbocycles. The Kier molecular flexibility index (Phi) is 12.9. The predicted octanol–water partition coefficient (Wildman–Crippen LogP) is 8.66. The minimum absolute atomic E-state index is 0.113. The van der Waals surface area contributed by atoms with Gasteiger partial charge in [-0.25, -0.2) is 13.1 Å². The molecule has 72 heavy (non-hydrogen) atoms. The van der Waals surface area contributed by atoms with Gasteiger partial charge >= 0.3 is 0 Å². The molecule has 6 heterocycles. The van der Waals surface area contributed by atoms with Gasteiger partial charge in [0.2, 0.25) is 5.88 Å². The minimum Gasteiger partial charge on any atom is -0.468 e. The first-order valence-electron chi connectivity index (χ1n) is 25.8. The van der Waals surface area contributed by atoms with Crippen molar-refractivity contribution in [1.82, 2.24) is 14.7 Å². The van der Waals surface area contributed by atoms with E-state index < -0.39 is 43.1 Å². The third-order valence-corrected chi connectivity index (χ3v) is 18.0. The van der Waals surface area contributed by atoms with E-state index in [0.717, 1.165) is 88.5 Å². The maximum atomic E-state index is 14.7. The molecular weight excluding hydrogens is 937 g/mol. The number of fused-ring (bicyclic) bond motifs is 3. The maximum Gasteiger partial charge on any atom is 0.293 e. The standard InChI is InChI=1S/C54H66N8O9S/c1-34(2)40-6-4-5-7-43(40)60-23-25-70-32-48(60)37-29-54(30-37)18-21-59(22-19-54)38-8-10-41(45(27-38)61-44-15-24-69-33-49(44)71-52-47(61)26-36-14-20-55-50(36)57-52)51(63)58-72(67,68)39-9-11-42(46(28-39)62(65)66)56-31-35-12-16-53(3,64)17-13-35/h4-11,14,20,26-28,34-35,37,44,48-49,56,64H,12-13,15-19,21-25,29-33H2,1-3H3,(H,55,57)(H,58,63)/t35-,44-,48+,49-,53-/m0/s1. The number of nitro benzene ring substituents is 1. The van der Waals surface area contributed by atoms with Crippen LogP contribution in [0.5, 0.6) is 5.88 Å². The molecule has 0 radical (unpaired) electrons. The van der Waals surface area contributed by atoms with Crippen molar-refractivity contribution in [2.45, 2.75) is 113 Å². The Hall–Kier alpha value is -5.95. The summed E-state index contributed by atoms with van der Waals surface area (Å²) in [5.41, 5.74) is 4.81. The van der Waals surface area contributed by atoms with Gasteiger partial charge in [0.05, 0.1) is 58.6 Å². The number of hydrogen-bond donors (Lipinski definition) is 4. The fourth-order valence-electron chi connectivity index (χ4n) is 12.6. The lowest BCUT2D eigenvalue weighted by atomic mass is 9.55. The largest absolute Gasteiger partial charge is 0.468 e. The highest BCUT2D eigenvalue weighted by Gasteiger charge is 2.50. The van der Waals surface area contributed by atoms with Crippen LogP contribution in [0.2, 0.25) is 0 Å². The molecule has 18 heteroatoms. The second-order valence-corrected chi connectivity index (χ2v) is 23.5. The SMILES string of the molecule is CC(C)c1ccccc1N1CCOC[C@@H]1C1CC2(CCN(c3ccc(C(=O)NS(=O)(=O)c4ccc(NC[C@H]5CC[C@](C)(O)CC5)c([N+](=O)[O-])c4)c(N4c5cc6cc[nH]c6nc5O[C@H]5COCC[C@@H]54)c3)CC2)C1. The van der Waals surface area contributed by atoms with Gasteiger partial charge in [0.25, 0.3) is 21.6 Å². The number of morpholine rings is 1. The molecule has 6 aliphatic rings. The van der Waals surface area contributed by atoms with E-state index in [1.165, 1.54) is 23.4 Å². The molecule has 2 aromatic heterocycles. The summed E-state index contributed by atoms with van der Waals surface area (Å²) in [5.74, 6) is 0.655. The van der Waals surface area contributed by atoms with E-state index in [1.54, 1.807) is 6.07 Å². The highest BCUT2D eigenvalue weighted by molar-refractivity contribution is 7.90. The lowest BCUT2D eigenvalue weighted by Gasteiger charge is -2.57. The Bertz CT molecular complexity index is 2950. The zero-order chi connectivity index (χ0) is 49.9. The normalized spacial score (nSPS) is 25.4. The number of para-hydroxylation sites is 1. The van der Waals surface area contributed by atoms with Gasteiger partial charge < -0.3 is 44.3 Å². The predicted molar refractivity (Wildman–Crippen MR) is 276 cm³/mol. The third-order valence-electron chi connectivity index (χ3n) is 16.7. The van der Waals surface area contributed by atoms with E-state index in [0.29, 0.717) is 79.8 Å². The molecule has 4 N–H and O–H groups in total. The van der Waals surface area contributed by atoms with Crippen molar-refractivity contribution in [3.63, 3.8) is 0 Å². The van der Waals surface area contributed by atoms with E-state index >= 15 is 0 Å². The molecule has 1 amide bonds. The Morgan fingerprint density at radius 2 is 1.69 bits per heavy atom. The van der Waals surface area contributed by atoms with Crippen LogP contribution < -0.4 is 29.5 Å². The lowest BCUT2D eigenvalue weighted by molar-refractivity contribution is -0.384. The lowest BCUT2D eigenvalue weighted by Crippen LogP contribution is -2.57. The number of nitrogens with one attached hydrogen (secondary N) is 3. The van der Waals surface area contributed by atoms with Crippen LogP contribution in [-0.2, 0) is 19.5 Å². The van der Waals surface area contributed by atoms with Crippen molar-refractivity contribution < 1.29 is 37.5 Å². The molecule has 1 spiro atoms. The molecule has 2 saturated carbocycles. The highest BCUT2D eigenvalue weighted by atomic mass is 32.2. The van der Waals surface area contributed by atoms with Gasteiger partial charge in [0, 0.05) is 61.8 Å². The van der Waals surface area contributed by atoms with E-state index in [4.69, 9.17) is 19.2 Å². The fraction of sp³-hybridized carbons (Fsp3) is 0.519. The monoisotopic (exact) mass is 1000 g/mol. The number of aromatic amines is 1. The van der Waals surface area contributed by atoms with Crippen LogP contribution in [0.4, 0.5) is 34.1 Å². The number of rotatable bonds is 12.